The zero-order chi connectivity index (χ0) is 15.9. The summed E-state index contributed by atoms with van der Waals surface area (Å²) >= 11 is 0. The van der Waals surface area contributed by atoms with E-state index in [0.29, 0.717) is 21.2 Å². The summed E-state index contributed by atoms with van der Waals surface area (Å²) in [5, 5.41) is 0. The zero-order valence-corrected chi connectivity index (χ0v) is 14.2. The molecule has 126 valence electrons. The Kier molecular flexibility index (Phi) is 0.414. The Morgan fingerprint density at radius 3 is 1.48 bits per heavy atom. The van der Waals surface area contributed by atoms with Gasteiger partial charge in [0.05, 0.1) is 0 Å². The normalized spacial score (nSPS) is 87.5. The molecule has 10 aliphatic rings. The standard InChI is InChI=1S/C15H9O4.C5H5.Fe/c16-14(12-6-2-8-18-12)10-4-1-5-11(10)15(17)13-7-3-9-19-13;1-2-4-5-3-1;/h1-9H;1-5H;. The zero-order valence-electron chi connectivity index (χ0n) is 13.1. The van der Waals surface area contributed by atoms with Gasteiger partial charge in [0.15, 0.2) is 0 Å². The van der Waals surface area contributed by atoms with Crippen molar-refractivity contribution in [2.75, 3.05) is 0 Å². The van der Waals surface area contributed by atoms with Crippen LogP contribution in [-0.2, 0) is 6.51 Å². The maximum absolute atomic E-state index is 13.9. The SMILES string of the molecule is O=C(c1ccco1)[C]12[CH]3[CH]4[CH]5[C]1(C(=O)c1ccco1)[Fe]43521678[CH]2[CH]1[CH]6[CH]7[CH]28. The van der Waals surface area contributed by atoms with Crippen LogP contribution in [-0.4, -0.2) is 11.6 Å². The van der Waals surface area contributed by atoms with Crippen LogP contribution in [0.3, 0.4) is 0 Å². The van der Waals surface area contributed by atoms with Crippen molar-refractivity contribution in [1.29, 1.82) is 0 Å². The van der Waals surface area contributed by atoms with E-state index in [0.717, 1.165) is 28.9 Å². The van der Waals surface area contributed by atoms with Gasteiger partial charge >= 0.3 is 132 Å². The van der Waals surface area contributed by atoms with Crippen LogP contribution in [0.25, 0.3) is 0 Å². The molecular formula is C20H14FeO4. The maximum atomic E-state index is 13.9. The summed E-state index contributed by atoms with van der Waals surface area (Å²) in [6, 6.07) is 7.30. The van der Waals surface area contributed by atoms with Crippen molar-refractivity contribution in [1.82, 2.24) is 0 Å². The third-order valence-electron chi connectivity index (χ3n) is 17.0. The molecule has 0 radical (unpaired) electrons. The molecule has 0 saturated carbocycles. The number of rotatable bonds is 4. The van der Waals surface area contributed by atoms with Gasteiger partial charge in [-0.25, -0.2) is 0 Å². The molecule has 0 bridgehead atoms. The summed E-state index contributed by atoms with van der Waals surface area (Å²) in [4.78, 5) is 34.5. The number of Topliss-reactive ketones (excluding diaryl/α,β-unsaturated/α-hetero) is 2. The van der Waals surface area contributed by atoms with Gasteiger partial charge in [0.2, 0.25) is 0 Å². The van der Waals surface area contributed by atoms with E-state index in [-0.39, 0.29) is 20.2 Å². The average molecular weight is 374 g/mol. The Labute approximate surface area is 132 Å². The first kappa shape index (κ1) is 9.94. The molecule has 12 rings (SSSR count). The fourth-order valence-electron chi connectivity index (χ4n) is 19.0. The van der Waals surface area contributed by atoms with Crippen LogP contribution in [0.5, 0.6) is 0 Å². The second-order valence-corrected chi connectivity index (χ2v) is 35.6. The van der Waals surface area contributed by atoms with Gasteiger partial charge < -0.3 is 0 Å². The molecule has 1 spiro atoms. The van der Waals surface area contributed by atoms with Crippen LogP contribution in [0.1, 0.15) is 21.1 Å². The van der Waals surface area contributed by atoms with Gasteiger partial charge in [0, 0.05) is 0 Å². The molecule has 5 heteroatoms. The minimum absolute atomic E-state index is 0.228. The molecule has 25 heavy (non-hydrogen) atoms. The van der Waals surface area contributed by atoms with Crippen molar-refractivity contribution in [3.63, 3.8) is 0 Å². The van der Waals surface area contributed by atoms with Crippen molar-refractivity contribution in [2.24, 2.45) is 0 Å². The summed E-state index contributed by atoms with van der Waals surface area (Å²) < 4.78 is 10.7. The fourth-order valence-corrected chi connectivity index (χ4v) is 94.3. The van der Waals surface area contributed by atoms with E-state index in [2.05, 4.69) is 0 Å². The number of hydrogen-bond donors (Lipinski definition) is 0. The second-order valence-electron chi connectivity index (χ2n) is 12.4. The number of ketones is 2. The van der Waals surface area contributed by atoms with Gasteiger partial charge in [0.1, 0.15) is 0 Å². The molecule has 0 aromatic carbocycles. The fraction of sp³-hybridized carbons (Fsp3) is 0.500. The Morgan fingerprint density at radius 2 is 1.20 bits per heavy atom. The molecule has 10 saturated heterocycles. The van der Waals surface area contributed by atoms with Gasteiger partial charge in [-0.1, -0.05) is 0 Å². The third-order valence-corrected chi connectivity index (χ3v) is 59.7. The number of fused-ring (bicyclic) bond motifs is 10. The van der Waals surface area contributed by atoms with Crippen LogP contribution < -0.4 is 0 Å². The molecular weight excluding hydrogens is 360 g/mol. The van der Waals surface area contributed by atoms with E-state index in [1.807, 2.05) is 24.3 Å². The van der Waals surface area contributed by atoms with Gasteiger partial charge in [-0.05, 0) is 0 Å². The number of hydrogen-bond acceptors (Lipinski definition) is 4. The number of carbonyl (C=O) groups excluding carboxylic acids is 2. The van der Waals surface area contributed by atoms with Crippen molar-refractivity contribution >= 4 is 11.6 Å². The predicted octanol–water partition coefficient (Wildman–Crippen LogP) is 5.07. The summed E-state index contributed by atoms with van der Waals surface area (Å²) in [5.74, 6) is 1.55. The average Bonchev–Trinajstić information content (AvgIpc) is 3.51. The van der Waals surface area contributed by atoms with Crippen LogP contribution in [0.2, 0.25) is 47.2 Å². The number of carbonyl (C=O) groups is 2. The summed E-state index contributed by atoms with van der Waals surface area (Å²) in [7, 11) is 0. The summed E-state index contributed by atoms with van der Waals surface area (Å²) in [6.45, 7) is -4.13. The van der Waals surface area contributed by atoms with Gasteiger partial charge in [0.25, 0.3) is 0 Å². The molecule has 12 heterocycles. The van der Waals surface area contributed by atoms with E-state index in [9.17, 15) is 9.59 Å². The van der Waals surface area contributed by atoms with Crippen molar-refractivity contribution < 1.29 is 24.9 Å². The Hall–Kier alpha value is -1.58. The molecule has 0 aliphatic carbocycles. The van der Waals surface area contributed by atoms with Crippen molar-refractivity contribution in [2.45, 2.75) is 47.2 Å². The molecule has 4 unspecified atom stereocenters. The van der Waals surface area contributed by atoms with E-state index in [1.165, 1.54) is 0 Å². The van der Waals surface area contributed by atoms with Gasteiger partial charge in [-0.2, -0.15) is 0 Å². The van der Waals surface area contributed by atoms with Crippen LogP contribution in [0, 0.1) is 0 Å². The quantitative estimate of drug-likeness (QED) is 0.554. The molecule has 0 amide bonds. The monoisotopic (exact) mass is 374 g/mol. The Bertz CT molecular complexity index is 1450. The van der Waals surface area contributed by atoms with E-state index >= 15 is 0 Å². The first-order chi connectivity index (χ1) is 12.0. The topological polar surface area (TPSA) is 60.4 Å². The van der Waals surface area contributed by atoms with Gasteiger partial charge in [-0.3, -0.25) is 0 Å². The van der Waals surface area contributed by atoms with E-state index in [4.69, 9.17) is 8.83 Å². The number of furan rings is 2. The first-order valence-corrected chi connectivity index (χ1v) is 15.6. The molecule has 10 aliphatic heterocycles. The minimum atomic E-state index is -4.13. The van der Waals surface area contributed by atoms with Crippen LogP contribution >= 0.6 is 0 Å². The van der Waals surface area contributed by atoms with Gasteiger partial charge in [-0.15, -0.1) is 0 Å². The Morgan fingerprint density at radius 1 is 0.760 bits per heavy atom. The van der Waals surface area contributed by atoms with Crippen LogP contribution in [0.15, 0.2) is 45.6 Å². The molecule has 4 nitrogen and oxygen atoms in total. The molecule has 2 aromatic rings. The molecule has 0 N–H and O–H groups in total. The van der Waals surface area contributed by atoms with Crippen LogP contribution in [0.4, 0.5) is 0 Å². The summed E-state index contributed by atoms with van der Waals surface area (Å²) in [5.41, 5.74) is 0. The molecule has 4 atom stereocenters. The second kappa shape index (κ2) is 1.04. The third kappa shape index (κ3) is 0.139. The van der Waals surface area contributed by atoms with Crippen molar-refractivity contribution in [3.8, 4) is 0 Å². The molecule has 2 aromatic heterocycles. The van der Waals surface area contributed by atoms with Crippen molar-refractivity contribution in [3.05, 3.63) is 48.3 Å². The first-order valence-electron chi connectivity index (χ1n) is 9.35. The Balaban J connectivity index is 1.34. The van der Waals surface area contributed by atoms with E-state index < -0.39 is 6.51 Å². The summed E-state index contributed by atoms with van der Waals surface area (Å²) in [6.07, 6.45) is 3.22. The molecule has 10 fully saturated rings. The van der Waals surface area contributed by atoms with E-state index in [1.54, 1.807) is 12.5 Å². The predicted molar refractivity (Wildman–Crippen MR) is 81.5 cm³/mol.